The molecular formula is C16H30N2O. The predicted octanol–water partition coefficient (Wildman–Crippen LogP) is 2.71. The van der Waals surface area contributed by atoms with Crippen LogP contribution in [0.5, 0.6) is 0 Å². The van der Waals surface area contributed by atoms with Gasteiger partial charge in [0.25, 0.3) is 0 Å². The molecule has 1 heterocycles. The number of carbonyl (C=O) groups excluding carboxylic acids is 1. The molecule has 110 valence electrons. The first-order chi connectivity index (χ1) is 8.96. The molecule has 1 aliphatic carbocycles. The van der Waals surface area contributed by atoms with E-state index in [4.69, 9.17) is 0 Å². The van der Waals surface area contributed by atoms with Crippen molar-refractivity contribution in [2.75, 3.05) is 19.6 Å². The fraction of sp³-hybridized carbons (Fsp3) is 0.938. The lowest BCUT2D eigenvalue weighted by Crippen LogP contribution is -2.45. The Morgan fingerprint density at radius 2 is 1.95 bits per heavy atom. The van der Waals surface area contributed by atoms with Gasteiger partial charge in [-0.05, 0) is 50.5 Å². The van der Waals surface area contributed by atoms with Gasteiger partial charge in [-0.1, -0.05) is 26.7 Å². The second-order valence-corrected chi connectivity index (χ2v) is 7.48. The van der Waals surface area contributed by atoms with Crippen LogP contribution in [0.3, 0.4) is 0 Å². The Morgan fingerprint density at radius 1 is 1.26 bits per heavy atom. The zero-order chi connectivity index (χ0) is 13.9. The summed E-state index contributed by atoms with van der Waals surface area (Å²) in [6, 6.07) is 0. The second kappa shape index (κ2) is 5.82. The molecule has 1 atom stereocenters. The standard InChI is InChI=1S/C16H30N2O/c1-13(2)10-16(6-4-5-7-16)12-18-14(19)15(3)8-9-17-11-15/h13,17H,4-12H2,1-3H3,(H,18,19). The summed E-state index contributed by atoms with van der Waals surface area (Å²) in [6.45, 7) is 9.37. The van der Waals surface area contributed by atoms with Crippen molar-refractivity contribution >= 4 is 5.91 Å². The highest BCUT2D eigenvalue weighted by Crippen LogP contribution is 2.42. The van der Waals surface area contributed by atoms with Crippen molar-refractivity contribution in [2.45, 2.75) is 59.3 Å². The SMILES string of the molecule is CC(C)CC1(CNC(=O)C2(C)CCNC2)CCCC1. The van der Waals surface area contributed by atoms with Gasteiger partial charge in [0, 0.05) is 13.1 Å². The molecule has 1 saturated carbocycles. The zero-order valence-corrected chi connectivity index (χ0v) is 12.8. The maximum absolute atomic E-state index is 12.4. The van der Waals surface area contributed by atoms with Gasteiger partial charge in [-0.2, -0.15) is 0 Å². The van der Waals surface area contributed by atoms with E-state index in [0.29, 0.717) is 5.41 Å². The third kappa shape index (κ3) is 3.50. The van der Waals surface area contributed by atoms with Crippen molar-refractivity contribution < 1.29 is 4.79 Å². The highest BCUT2D eigenvalue weighted by atomic mass is 16.2. The van der Waals surface area contributed by atoms with Crippen LogP contribution in [-0.2, 0) is 4.79 Å². The summed E-state index contributed by atoms with van der Waals surface area (Å²) in [5.41, 5.74) is 0.198. The van der Waals surface area contributed by atoms with Crippen molar-refractivity contribution in [3.8, 4) is 0 Å². The van der Waals surface area contributed by atoms with Gasteiger partial charge in [-0.3, -0.25) is 4.79 Å². The summed E-state index contributed by atoms with van der Waals surface area (Å²) in [7, 11) is 0. The van der Waals surface area contributed by atoms with Gasteiger partial charge in [-0.25, -0.2) is 0 Å². The van der Waals surface area contributed by atoms with Gasteiger partial charge in [0.15, 0.2) is 0 Å². The zero-order valence-electron chi connectivity index (χ0n) is 12.8. The third-order valence-corrected chi connectivity index (χ3v) is 5.05. The lowest BCUT2D eigenvalue weighted by atomic mass is 9.78. The minimum Gasteiger partial charge on any atom is -0.355 e. The van der Waals surface area contributed by atoms with E-state index in [1.165, 1.54) is 32.1 Å². The van der Waals surface area contributed by atoms with Crippen molar-refractivity contribution in [1.29, 1.82) is 0 Å². The van der Waals surface area contributed by atoms with Gasteiger partial charge in [0.05, 0.1) is 5.41 Å². The Morgan fingerprint density at radius 3 is 2.47 bits per heavy atom. The minimum absolute atomic E-state index is 0.183. The van der Waals surface area contributed by atoms with Gasteiger partial charge in [-0.15, -0.1) is 0 Å². The molecule has 2 rings (SSSR count). The molecule has 2 N–H and O–H groups in total. The highest BCUT2D eigenvalue weighted by molar-refractivity contribution is 5.82. The Kier molecular flexibility index (Phi) is 4.54. The van der Waals surface area contributed by atoms with E-state index >= 15 is 0 Å². The molecule has 1 saturated heterocycles. The normalized spacial score (nSPS) is 29.9. The lowest BCUT2D eigenvalue weighted by Gasteiger charge is -2.33. The number of carbonyl (C=O) groups is 1. The molecule has 0 spiro atoms. The lowest BCUT2D eigenvalue weighted by molar-refractivity contribution is -0.129. The summed E-state index contributed by atoms with van der Waals surface area (Å²) < 4.78 is 0. The molecule has 3 nitrogen and oxygen atoms in total. The largest absolute Gasteiger partial charge is 0.355 e. The van der Waals surface area contributed by atoms with Gasteiger partial charge < -0.3 is 10.6 Å². The van der Waals surface area contributed by atoms with Crippen molar-refractivity contribution in [3.63, 3.8) is 0 Å². The summed E-state index contributed by atoms with van der Waals surface area (Å²) in [5, 5.41) is 6.58. The van der Waals surface area contributed by atoms with Gasteiger partial charge >= 0.3 is 0 Å². The fourth-order valence-corrected chi connectivity index (χ4v) is 3.94. The van der Waals surface area contributed by atoms with Crippen LogP contribution in [0.15, 0.2) is 0 Å². The summed E-state index contributed by atoms with van der Waals surface area (Å²) in [6.07, 6.45) is 7.47. The van der Waals surface area contributed by atoms with E-state index in [-0.39, 0.29) is 11.3 Å². The van der Waals surface area contributed by atoms with Crippen LogP contribution in [0.2, 0.25) is 0 Å². The molecule has 19 heavy (non-hydrogen) atoms. The molecule has 1 amide bonds. The van der Waals surface area contributed by atoms with E-state index in [1.807, 2.05) is 0 Å². The molecule has 1 aliphatic heterocycles. The Bertz CT molecular complexity index is 313. The molecule has 0 aromatic rings. The fourth-order valence-electron chi connectivity index (χ4n) is 3.94. The first-order valence-electron chi connectivity index (χ1n) is 7.95. The first-order valence-corrected chi connectivity index (χ1v) is 7.95. The number of hydrogen-bond donors (Lipinski definition) is 2. The molecule has 0 aromatic carbocycles. The number of nitrogens with one attached hydrogen (secondary N) is 2. The van der Waals surface area contributed by atoms with Gasteiger partial charge in [0.1, 0.15) is 0 Å². The number of hydrogen-bond acceptors (Lipinski definition) is 2. The van der Waals surface area contributed by atoms with Crippen LogP contribution in [0.4, 0.5) is 0 Å². The van der Waals surface area contributed by atoms with Crippen LogP contribution >= 0.6 is 0 Å². The summed E-state index contributed by atoms with van der Waals surface area (Å²) >= 11 is 0. The van der Waals surface area contributed by atoms with Crippen molar-refractivity contribution in [2.24, 2.45) is 16.7 Å². The molecular weight excluding hydrogens is 236 g/mol. The average molecular weight is 266 g/mol. The summed E-state index contributed by atoms with van der Waals surface area (Å²) in [5.74, 6) is 0.978. The molecule has 2 aliphatic rings. The Hall–Kier alpha value is -0.570. The number of amides is 1. The van der Waals surface area contributed by atoms with E-state index in [2.05, 4.69) is 31.4 Å². The van der Waals surface area contributed by atoms with Crippen molar-refractivity contribution in [3.05, 3.63) is 0 Å². The van der Waals surface area contributed by atoms with Crippen LogP contribution in [0, 0.1) is 16.7 Å². The van der Waals surface area contributed by atoms with Gasteiger partial charge in [0.2, 0.25) is 5.91 Å². The maximum Gasteiger partial charge on any atom is 0.227 e. The van der Waals surface area contributed by atoms with Crippen LogP contribution < -0.4 is 10.6 Å². The smallest absolute Gasteiger partial charge is 0.227 e. The molecule has 2 fully saturated rings. The molecule has 0 radical (unpaired) electrons. The minimum atomic E-state index is -0.183. The molecule has 0 aromatic heterocycles. The topological polar surface area (TPSA) is 41.1 Å². The van der Waals surface area contributed by atoms with Crippen LogP contribution in [0.25, 0.3) is 0 Å². The highest BCUT2D eigenvalue weighted by Gasteiger charge is 2.39. The monoisotopic (exact) mass is 266 g/mol. The number of rotatable bonds is 5. The maximum atomic E-state index is 12.4. The van der Waals surface area contributed by atoms with Crippen LogP contribution in [0.1, 0.15) is 59.3 Å². The van der Waals surface area contributed by atoms with E-state index < -0.39 is 0 Å². The molecule has 3 heteroatoms. The van der Waals surface area contributed by atoms with E-state index in [0.717, 1.165) is 32.0 Å². The quantitative estimate of drug-likeness (QED) is 0.803. The Labute approximate surface area is 117 Å². The van der Waals surface area contributed by atoms with Crippen molar-refractivity contribution in [1.82, 2.24) is 10.6 Å². The van der Waals surface area contributed by atoms with E-state index in [1.54, 1.807) is 0 Å². The Balaban J connectivity index is 1.90. The average Bonchev–Trinajstić information content (AvgIpc) is 2.96. The molecule has 0 bridgehead atoms. The second-order valence-electron chi connectivity index (χ2n) is 7.48. The predicted molar refractivity (Wildman–Crippen MR) is 79.0 cm³/mol. The van der Waals surface area contributed by atoms with Crippen LogP contribution in [-0.4, -0.2) is 25.5 Å². The van der Waals surface area contributed by atoms with E-state index in [9.17, 15) is 4.79 Å². The third-order valence-electron chi connectivity index (χ3n) is 5.05. The summed E-state index contributed by atoms with van der Waals surface area (Å²) in [4.78, 5) is 12.4. The first kappa shape index (κ1) is 14.8. The molecule has 1 unspecified atom stereocenters.